The average Bonchev–Trinajstić information content (AvgIpc) is 3.36. The number of benzene rings is 2. The summed E-state index contributed by atoms with van der Waals surface area (Å²) in [7, 11) is -2.14. The summed E-state index contributed by atoms with van der Waals surface area (Å²) < 4.78 is 38.6. The van der Waals surface area contributed by atoms with Gasteiger partial charge in [-0.3, -0.25) is 4.79 Å². The minimum Gasteiger partial charge on any atom is -0.480 e. The van der Waals surface area contributed by atoms with Crippen molar-refractivity contribution in [2.75, 3.05) is 39.2 Å². The maximum Gasteiger partial charge on any atom is 0.388 e. The molecule has 1 aromatic heterocycles. The van der Waals surface area contributed by atoms with Crippen molar-refractivity contribution < 1.29 is 27.2 Å². The number of alkyl halides is 1. The molecule has 0 saturated heterocycles. The molecule has 242 valence electrons. The molecular weight excluding hydrogens is 629 g/mol. The molecular formula is C30H41Cl2N5O6S. The number of esters is 1. The first-order valence-corrected chi connectivity index (χ1v) is 16.3. The quantitative estimate of drug-likeness (QED) is 0.194. The van der Waals surface area contributed by atoms with Gasteiger partial charge in [-0.15, -0.1) is 29.1 Å². The molecule has 4 rings (SSSR count). The van der Waals surface area contributed by atoms with Crippen LogP contribution in [0.15, 0.2) is 42.4 Å². The van der Waals surface area contributed by atoms with Crippen LogP contribution in [0.3, 0.4) is 0 Å². The van der Waals surface area contributed by atoms with Crippen LogP contribution in [0.1, 0.15) is 66.5 Å². The molecule has 0 amide bonds. The van der Waals surface area contributed by atoms with Crippen LogP contribution in [-0.4, -0.2) is 82.9 Å². The van der Waals surface area contributed by atoms with Gasteiger partial charge in [0.05, 0.1) is 24.6 Å². The highest BCUT2D eigenvalue weighted by molar-refractivity contribution is 7.84. The van der Waals surface area contributed by atoms with E-state index in [0.29, 0.717) is 12.4 Å². The van der Waals surface area contributed by atoms with E-state index in [2.05, 4.69) is 15.2 Å². The van der Waals surface area contributed by atoms with E-state index in [1.54, 1.807) is 13.8 Å². The molecule has 2 heterocycles. The van der Waals surface area contributed by atoms with E-state index < -0.39 is 22.3 Å². The van der Waals surface area contributed by atoms with Gasteiger partial charge in [0.1, 0.15) is 5.52 Å². The first-order valence-electron chi connectivity index (χ1n) is 14.4. The highest BCUT2D eigenvalue weighted by Crippen LogP contribution is 2.37. The standard InChI is InChI=1S/C30H40ClN5O6S.ClH/c1-6-41-29(38)19-26(23-9-8-20(2)25(18-23)22(4)36-16-12-28(37)42-43(36,39)40)24-10-11-27-30(21(24)3)32-33-35(27)15-7-14-34(5)17-13-31;/h8-12,18,22,26,37H,6-7,13-17,19H2,1-5H3;1H/t22-,26?;/m1./s1. The number of aryl methyl sites for hydroxylation is 3. The van der Waals surface area contributed by atoms with Crippen LogP contribution in [0.4, 0.5) is 0 Å². The first-order chi connectivity index (χ1) is 20.5. The van der Waals surface area contributed by atoms with Gasteiger partial charge in [-0.1, -0.05) is 29.5 Å². The number of fused-ring (bicyclic) bond motifs is 1. The number of ether oxygens (including phenoxy) is 1. The monoisotopic (exact) mass is 669 g/mol. The molecule has 0 radical (unpaired) electrons. The summed E-state index contributed by atoms with van der Waals surface area (Å²) in [4.78, 5) is 15.0. The predicted molar refractivity (Wildman–Crippen MR) is 172 cm³/mol. The van der Waals surface area contributed by atoms with Gasteiger partial charge in [0.25, 0.3) is 5.95 Å². The molecule has 3 aromatic rings. The summed E-state index contributed by atoms with van der Waals surface area (Å²) in [5, 5.41) is 18.5. The van der Waals surface area contributed by atoms with Gasteiger partial charge in [0.15, 0.2) is 0 Å². The zero-order valence-electron chi connectivity index (χ0n) is 25.7. The molecule has 1 aliphatic heterocycles. The maximum atomic E-state index is 12.8. The maximum absolute atomic E-state index is 12.8. The van der Waals surface area contributed by atoms with Gasteiger partial charge < -0.3 is 18.9 Å². The third-order valence-corrected chi connectivity index (χ3v) is 9.51. The van der Waals surface area contributed by atoms with Crippen molar-refractivity contribution in [3.8, 4) is 0 Å². The summed E-state index contributed by atoms with van der Waals surface area (Å²) >= 11 is 5.85. The minimum atomic E-state index is -4.18. The Hall–Kier alpha value is -2.90. The van der Waals surface area contributed by atoms with Crippen LogP contribution in [0.5, 0.6) is 0 Å². The fourth-order valence-corrected chi connectivity index (χ4v) is 6.97. The Morgan fingerprint density at radius 3 is 2.64 bits per heavy atom. The van der Waals surface area contributed by atoms with E-state index in [9.17, 15) is 18.3 Å². The molecule has 0 fully saturated rings. The molecule has 44 heavy (non-hydrogen) atoms. The van der Waals surface area contributed by atoms with Crippen molar-refractivity contribution in [1.82, 2.24) is 24.2 Å². The fourth-order valence-electron chi connectivity index (χ4n) is 5.55. The van der Waals surface area contributed by atoms with Crippen LogP contribution in [0.25, 0.3) is 11.0 Å². The Labute approximate surface area is 270 Å². The summed E-state index contributed by atoms with van der Waals surface area (Å²) in [5.74, 6) is -0.751. The molecule has 14 heteroatoms. The van der Waals surface area contributed by atoms with E-state index in [4.69, 9.17) is 20.5 Å². The average molecular weight is 671 g/mol. The molecule has 2 aromatic carbocycles. The topological polar surface area (TPSA) is 127 Å². The molecule has 0 bridgehead atoms. The van der Waals surface area contributed by atoms with E-state index in [0.717, 1.165) is 58.4 Å². The number of aliphatic hydroxyl groups is 1. The van der Waals surface area contributed by atoms with Crippen LogP contribution in [0.2, 0.25) is 0 Å². The van der Waals surface area contributed by atoms with Gasteiger partial charge in [-0.05, 0) is 81.6 Å². The lowest BCUT2D eigenvalue weighted by molar-refractivity contribution is -0.143. The fraction of sp³-hybridized carbons (Fsp3) is 0.500. The number of hydrogen-bond donors (Lipinski definition) is 1. The van der Waals surface area contributed by atoms with Crippen molar-refractivity contribution in [2.45, 2.75) is 59.0 Å². The van der Waals surface area contributed by atoms with Gasteiger partial charge in [-0.2, -0.15) is 12.7 Å². The highest BCUT2D eigenvalue weighted by Gasteiger charge is 2.34. The first kappa shape index (κ1) is 35.6. The molecule has 0 saturated carbocycles. The molecule has 1 unspecified atom stereocenters. The normalized spacial score (nSPS) is 16.2. The van der Waals surface area contributed by atoms with Crippen LogP contribution in [0, 0.1) is 13.8 Å². The summed E-state index contributed by atoms with van der Waals surface area (Å²) in [6, 6.07) is 9.24. The van der Waals surface area contributed by atoms with Gasteiger partial charge >= 0.3 is 16.3 Å². The van der Waals surface area contributed by atoms with Gasteiger partial charge in [-0.25, -0.2) is 4.68 Å². The van der Waals surface area contributed by atoms with E-state index in [1.807, 2.05) is 55.9 Å². The largest absolute Gasteiger partial charge is 0.480 e. The lowest BCUT2D eigenvalue weighted by Crippen LogP contribution is -2.38. The van der Waals surface area contributed by atoms with Crippen molar-refractivity contribution in [3.63, 3.8) is 0 Å². The lowest BCUT2D eigenvalue weighted by Gasteiger charge is -2.30. The third kappa shape index (κ3) is 8.02. The van der Waals surface area contributed by atoms with Crippen LogP contribution in [-0.2, 0) is 30.6 Å². The second kappa shape index (κ2) is 15.4. The number of aliphatic hydroxyl groups excluding tert-OH is 1. The van der Waals surface area contributed by atoms with E-state index >= 15 is 0 Å². The minimum absolute atomic E-state index is 0. The van der Waals surface area contributed by atoms with Crippen molar-refractivity contribution >= 4 is 51.3 Å². The number of halogens is 2. The lowest BCUT2D eigenvalue weighted by atomic mass is 9.83. The van der Waals surface area contributed by atoms with Gasteiger partial charge in [0, 0.05) is 37.5 Å². The number of nitrogens with zero attached hydrogens (tertiary/aromatic N) is 5. The Bertz CT molecular complexity index is 1600. The second-order valence-electron chi connectivity index (χ2n) is 10.8. The van der Waals surface area contributed by atoms with Crippen LogP contribution >= 0.6 is 24.0 Å². The number of hydrogen-bond acceptors (Lipinski definition) is 9. The van der Waals surface area contributed by atoms with Crippen molar-refractivity contribution in [1.29, 1.82) is 0 Å². The number of carbonyl (C=O) groups excluding carboxylic acids is 1. The van der Waals surface area contributed by atoms with E-state index in [1.165, 1.54) is 10.4 Å². The molecule has 0 spiro atoms. The SMILES string of the molecule is CCOC(=O)CC(c1ccc(C)c([C@@H](C)N2CC=C(O)OS2(=O)=O)c1)c1ccc2c(nnn2CCCN(C)CCCl)c1C.Cl. The number of aromatic nitrogens is 3. The summed E-state index contributed by atoms with van der Waals surface area (Å²) in [5.41, 5.74) is 6.00. The predicted octanol–water partition coefficient (Wildman–Crippen LogP) is 5.15. The van der Waals surface area contributed by atoms with Crippen molar-refractivity contribution in [2.24, 2.45) is 0 Å². The van der Waals surface area contributed by atoms with Gasteiger partial charge in [0.2, 0.25) is 0 Å². The Kier molecular flexibility index (Phi) is 12.4. The third-order valence-electron chi connectivity index (χ3n) is 7.92. The zero-order chi connectivity index (χ0) is 31.3. The summed E-state index contributed by atoms with van der Waals surface area (Å²) in [6.07, 6.45) is 2.31. The number of carbonyl (C=O) groups is 1. The Morgan fingerprint density at radius 1 is 1.20 bits per heavy atom. The zero-order valence-corrected chi connectivity index (χ0v) is 28.1. The number of rotatable bonds is 13. The smallest absolute Gasteiger partial charge is 0.388 e. The molecule has 1 N–H and O–H groups in total. The molecule has 11 nitrogen and oxygen atoms in total. The van der Waals surface area contributed by atoms with Crippen LogP contribution < -0.4 is 0 Å². The molecule has 1 aliphatic rings. The van der Waals surface area contributed by atoms with Crippen molar-refractivity contribution in [3.05, 3.63) is 70.2 Å². The van der Waals surface area contributed by atoms with E-state index in [-0.39, 0.29) is 43.9 Å². The second-order valence-corrected chi connectivity index (χ2v) is 12.7. The highest BCUT2D eigenvalue weighted by atomic mass is 35.5. The Morgan fingerprint density at radius 2 is 1.95 bits per heavy atom. The Balaban J connectivity index is 0.00000529. The summed E-state index contributed by atoms with van der Waals surface area (Å²) in [6.45, 7) is 10.1. The molecule has 2 atom stereocenters. The molecule has 0 aliphatic carbocycles.